The number of rotatable bonds is 3. The standard InChI is InChI=1S/C23H19ClN2O2S/c1-14-9-10-18(24)13-20(14)25-15(2)11-17(16(25)3)12-21-22(27)26(23(28)29-21)19-7-5-4-6-8-19/h4-13H,1-3H3/b21-12-. The first-order valence-corrected chi connectivity index (χ1v) is 10.3. The molecule has 0 spiro atoms. The number of benzene rings is 2. The van der Waals surface area contributed by atoms with E-state index < -0.39 is 0 Å². The minimum atomic E-state index is -0.296. The molecule has 6 heteroatoms. The summed E-state index contributed by atoms with van der Waals surface area (Å²) in [6, 6.07) is 16.8. The zero-order chi connectivity index (χ0) is 20.7. The lowest BCUT2D eigenvalue weighted by Gasteiger charge is -2.13. The van der Waals surface area contributed by atoms with Gasteiger partial charge in [0.1, 0.15) is 0 Å². The van der Waals surface area contributed by atoms with Crippen molar-refractivity contribution in [3.05, 3.63) is 87.0 Å². The topological polar surface area (TPSA) is 42.3 Å². The largest absolute Gasteiger partial charge is 0.318 e. The van der Waals surface area contributed by atoms with Gasteiger partial charge in [-0.15, -0.1) is 0 Å². The molecule has 0 aliphatic carbocycles. The average Bonchev–Trinajstić information content (AvgIpc) is 3.13. The lowest BCUT2D eigenvalue weighted by molar-refractivity contribution is -0.113. The van der Waals surface area contributed by atoms with Crippen molar-refractivity contribution in [2.75, 3.05) is 4.90 Å². The Bertz CT molecular complexity index is 1170. The van der Waals surface area contributed by atoms with E-state index >= 15 is 0 Å². The maximum Gasteiger partial charge on any atom is 0.298 e. The number of halogens is 1. The summed E-state index contributed by atoms with van der Waals surface area (Å²) in [5, 5.41) is 0.385. The fourth-order valence-corrected chi connectivity index (χ4v) is 4.54. The summed E-state index contributed by atoms with van der Waals surface area (Å²) >= 11 is 7.17. The molecular weight excluding hydrogens is 404 g/mol. The van der Waals surface area contributed by atoms with E-state index in [-0.39, 0.29) is 11.1 Å². The minimum Gasteiger partial charge on any atom is -0.318 e. The second kappa shape index (κ2) is 7.58. The van der Waals surface area contributed by atoms with Crippen molar-refractivity contribution in [2.24, 2.45) is 0 Å². The fraction of sp³-hybridized carbons (Fsp3) is 0.130. The van der Waals surface area contributed by atoms with Crippen molar-refractivity contribution in [1.82, 2.24) is 4.57 Å². The van der Waals surface area contributed by atoms with Crippen LogP contribution in [0.1, 0.15) is 22.5 Å². The Morgan fingerprint density at radius 3 is 2.41 bits per heavy atom. The summed E-state index contributed by atoms with van der Waals surface area (Å²) in [7, 11) is 0. The number of thioether (sulfide) groups is 1. The van der Waals surface area contributed by atoms with Gasteiger partial charge in [0.25, 0.3) is 11.1 Å². The lowest BCUT2D eigenvalue weighted by atomic mass is 10.2. The molecule has 4 nitrogen and oxygen atoms in total. The van der Waals surface area contributed by atoms with Crippen LogP contribution in [-0.4, -0.2) is 15.7 Å². The molecule has 1 fully saturated rings. The van der Waals surface area contributed by atoms with Crippen molar-refractivity contribution in [1.29, 1.82) is 0 Å². The number of aromatic nitrogens is 1. The second-order valence-electron chi connectivity index (χ2n) is 6.95. The van der Waals surface area contributed by atoms with Crippen molar-refractivity contribution in [2.45, 2.75) is 20.8 Å². The Morgan fingerprint density at radius 2 is 1.69 bits per heavy atom. The Hall–Kier alpha value is -2.76. The third kappa shape index (κ3) is 3.52. The minimum absolute atomic E-state index is 0.285. The molecule has 29 heavy (non-hydrogen) atoms. The monoisotopic (exact) mass is 422 g/mol. The van der Waals surface area contributed by atoms with Gasteiger partial charge >= 0.3 is 0 Å². The van der Waals surface area contributed by atoms with Gasteiger partial charge in [0.05, 0.1) is 10.6 Å². The molecule has 0 bridgehead atoms. The number of carbonyl (C=O) groups is 2. The van der Waals surface area contributed by atoms with Crippen molar-refractivity contribution < 1.29 is 9.59 Å². The first-order chi connectivity index (χ1) is 13.9. The molecular formula is C23H19ClN2O2S. The highest BCUT2D eigenvalue weighted by Gasteiger charge is 2.36. The van der Waals surface area contributed by atoms with Crippen LogP contribution in [-0.2, 0) is 4.79 Å². The molecule has 0 saturated carbocycles. The molecule has 0 unspecified atom stereocenters. The molecule has 3 aromatic rings. The van der Waals surface area contributed by atoms with Crippen LogP contribution >= 0.6 is 23.4 Å². The maximum atomic E-state index is 12.9. The van der Waals surface area contributed by atoms with Gasteiger partial charge in [0, 0.05) is 22.1 Å². The Kier molecular flexibility index (Phi) is 5.11. The van der Waals surface area contributed by atoms with Gasteiger partial charge in [0.15, 0.2) is 0 Å². The quantitative estimate of drug-likeness (QED) is 0.465. The van der Waals surface area contributed by atoms with Gasteiger partial charge in [0.2, 0.25) is 0 Å². The van der Waals surface area contributed by atoms with E-state index in [2.05, 4.69) is 4.57 Å². The van der Waals surface area contributed by atoms with Crippen LogP contribution in [0, 0.1) is 20.8 Å². The van der Waals surface area contributed by atoms with Crippen LogP contribution in [0.2, 0.25) is 5.02 Å². The van der Waals surface area contributed by atoms with Gasteiger partial charge in [-0.2, -0.15) is 0 Å². The van der Waals surface area contributed by atoms with E-state index in [1.807, 2.05) is 63.2 Å². The van der Waals surface area contributed by atoms with Gasteiger partial charge in [-0.1, -0.05) is 35.9 Å². The number of amides is 2. The molecule has 1 aliphatic rings. The maximum absolute atomic E-state index is 12.9. The molecule has 2 amide bonds. The van der Waals surface area contributed by atoms with E-state index in [1.165, 1.54) is 4.90 Å². The predicted octanol–water partition coefficient (Wildman–Crippen LogP) is 6.30. The van der Waals surface area contributed by atoms with Crippen LogP contribution in [0.5, 0.6) is 0 Å². The second-order valence-corrected chi connectivity index (χ2v) is 8.37. The summed E-state index contributed by atoms with van der Waals surface area (Å²) in [4.78, 5) is 27.0. The smallest absolute Gasteiger partial charge is 0.298 e. The summed E-state index contributed by atoms with van der Waals surface area (Å²) < 4.78 is 2.12. The molecule has 1 aromatic heterocycles. The Balaban J connectivity index is 1.74. The molecule has 0 atom stereocenters. The average molecular weight is 423 g/mol. The number of para-hydroxylation sites is 1. The third-order valence-electron chi connectivity index (χ3n) is 4.98. The first-order valence-electron chi connectivity index (χ1n) is 9.15. The number of aryl methyl sites for hydroxylation is 2. The number of carbonyl (C=O) groups excluding carboxylic acids is 2. The number of imide groups is 1. The molecule has 1 aliphatic heterocycles. The van der Waals surface area contributed by atoms with Gasteiger partial charge in [-0.05, 0) is 80.1 Å². The van der Waals surface area contributed by atoms with E-state index in [1.54, 1.807) is 18.2 Å². The molecule has 4 rings (SSSR count). The zero-order valence-corrected chi connectivity index (χ0v) is 17.8. The van der Waals surface area contributed by atoms with Gasteiger partial charge in [-0.25, -0.2) is 4.90 Å². The first kappa shape index (κ1) is 19.6. The zero-order valence-electron chi connectivity index (χ0n) is 16.3. The Labute approximate surface area is 178 Å². The van der Waals surface area contributed by atoms with Crippen LogP contribution in [0.15, 0.2) is 59.5 Å². The molecule has 1 saturated heterocycles. The normalized spacial score (nSPS) is 15.6. The van der Waals surface area contributed by atoms with E-state index in [9.17, 15) is 9.59 Å². The van der Waals surface area contributed by atoms with Crippen LogP contribution in [0.25, 0.3) is 11.8 Å². The van der Waals surface area contributed by atoms with Crippen molar-refractivity contribution >= 4 is 46.3 Å². The van der Waals surface area contributed by atoms with E-state index in [0.29, 0.717) is 15.6 Å². The highest BCUT2D eigenvalue weighted by molar-refractivity contribution is 8.19. The van der Waals surface area contributed by atoms with Crippen LogP contribution < -0.4 is 4.90 Å². The third-order valence-corrected chi connectivity index (χ3v) is 6.08. The Morgan fingerprint density at radius 1 is 0.966 bits per heavy atom. The summed E-state index contributed by atoms with van der Waals surface area (Å²) in [6.45, 7) is 6.05. The molecule has 0 N–H and O–H groups in total. The van der Waals surface area contributed by atoms with Gasteiger partial charge in [-0.3, -0.25) is 9.59 Å². The van der Waals surface area contributed by atoms with Crippen molar-refractivity contribution in [3.63, 3.8) is 0 Å². The molecule has 2 aromatic carbocycles. The van der Waals surface area contributed by atoms with E-state index in [4.69, 9.17) is 11.6 Å². The fourth-order valence-electron chi connectivity index (χ4n) is 3.54. The van der Waals surface area contributed by atoms with Crippen LogP contribution in [0.4, 0.5) is 10.5 Å². The SMILES string of the molecule is Cc1ccc(Cl)cc1-n1c(C)cc(/C=C2\SC(=O)N(c3ccccc3)C2=O)c1C. The van der Waals surface area contributed by atoms with Crippen molar-refractivity contribution in [3.8, 4) is 5.69 Å². The predicted molar refractivity (Wildman–Crippen MR) is 120 cm³/mol. The number of nitrogens with zero attached hydrogens (tertiary/aromatic N) is 2. The summed E-state index contributed by atoms with van der Waals surface area (Å²) in [6.07, 6.45) is 1.80. The van der Waals surface area contributed by atoms with Crippen LogP contribution in [0.3, 0.4) is 0 Å². The number of hydrogen-bond donors (Lipinski definition) is 0. The molecule has 146 valence electrons. The highest BCUT2D eigenvalue weighted by atomic mass is 35.5. The summed E-state index contributed by atoms with van der Waals surface area (Å²) in [5.74, 6) is -0.296. The summed E-state index contributed by atoms with van der Waals surface area (Å²) in [5.41, 5.74) is 5.61. The highest BCUT2D eigenvalue weighted by Crippen LogP contribution is 2.36. The van der Waals surface area contributed by atoms with E-state index in [0.717, 1.165) is 40.0 Å². The van der Waals surface area contributed by atoms with Gasteiger partial charge < -0.3 is 4.57 Å². The lowest BCUT2D eigenvalue weighted by Crippen LogP contribution is -2.27. The number of hydrogen-bond acceptors (Lipinski definition) is 3. The molecule has 0 radical (unpaired) electrons. The molecule has 2 heterocycles. The number of anilines is 1.